The summed E-state index contributed by atoms with van der Waals surface area (Å²) in [7, 11) is 0. The van der Waals surface area contributed by atoms with Gasteiger partial charge in [0.25, 0.3) is 5.91 Å². The summed E-state index contributed by atoms with van der Waals surface area (Å²) in [6.45, 7) is 7.28. The van der Waals surface area contributed by atoms with Gasteiger partial charge >= 0.3 is 0 Å². The lowest BCUT2D eigenvalue weighted by Gasteiger charge is -2.08. The second-order valence-corrected chi connectivity index (χ2v) is 5.34. The first kappa shape index (κ1) is 15.3. The van der Waals surface area contributed by atoms with E-state index in [1.807, 2.05) is 37.6 Å². The van der Waals surface area contributed by atoms with E-state index in [4.69, 9.17) is 5.73 Å². The highest BCUT2D eigenvalue weighted by Crippen LogP contribution is 2.16. The molecule has 1 aromatic heterocycles. The molecule has 0 radical (unpaired) electrons. The maximum Gasteiger partial charge on any atom is 0.259 e. The Labute approximate surface area is 125 Å². The third-order valence-electron chi connectivity index (χ3n) is 3.40. The van der Waals surface area contributed by atoms with Gasteiger partial charge in [0.2, 0.25) is 0 Å². The highest BCUT2D eigenvalue weighted by Gasteiger charge is 2.14. The van der Waals surface area contributed by atoms with Gasteiger partial charge in [0.1, 0.15) is 0 Å². The molecule has 21 heavy (non-hydrogen) atoms. The molecular formula is C16H22N4O. The number of hydrogen-bond acceptors (Lipinski definition) is 3. The van der Waals surface area contributed by atoms with Crippen molar-refractivity contribution in [2.75, 3.05) is 11.9 Å². The summed E-state index contributed by atoms with van der Waals surface area (Å²) < 4.78 is 1.82. The molecule has 0 aliphatic rings. The molecule has 0 saturated carbocycles. The molecule has 1 aromatic carbocycles. The molecule has 0 spiro atoms. The zero-order chi connectivity index (χ0) is 15.4. The van der Waals surface area contributed by atoms with Crippen molar-refractivity contribution in [3.8, 4) is 0 Å². The molecule has 5 heteroatoms. The van der Waals surface area contributed by atoms with Crippen LogP contribution in [0.3, 0.4) is 0 Å². The predicted molar refractivity (Wildman–Crippen MR) is 84.5 cm³/mol. The molecule has 0 aliphatic carbocycles. The van der Waals surface area contributed by atoms with E-state index < -0.39 is 0 Å². The monoisotopic (exact) mass is 286 g/mol. The van der Waals surface area contributed by atoms with Gasteiger partial charge in [-0.25, -0.2) is 0 Å². The molecule has 0 atom stereocenters. The average molecular weight is 286 g/mol. The third-order valence-corrected chi connectivity index (χ3v) is 3.40. The van der Waals surface area contributed by atoms with E-state index in [9.17, 15) is 4.79 Å². The van der Waals surface area contributed by atoms with Crippen molar-refractivity contribution in [3.05, 3.63) is 46.8 Å². The largest absolute Gasteiger partial charge is 0.330 e. The lowest BCUT2D eigenvalue weighted by atomic mass is 10.1. The molecule has 112 valence electrons. The minimum Gasteiger partial charge on any atom is -0.330 e. The van der Waals surface area contributed by atoms with Crippen molar-refractivity contribution >= 4 is 11.6 Å². The molecule has 0 unspecified atom stereocenters. The maximum absolute atomic E-state index is 12.4. The average Bonchev–Trinajstić information content (AvgIpc) is 2.76. The van der Waals surface area contributed by atoms with E-state index >= 15 is 0 Å². The second-order valence-electron chi connectivity index (χ2n) is 5.34. The summed E-state index contributed by atoms with van der Waals surface area (Å²) in [6, 6.07) is 5.99. The molecule has 3 N–H and O–H groups in total. The van der Waals surface area contributed by atoms with E-state index in [1.165, 1.54) is 0 Å². The standard InChI is InChI=1S/C16H22N4O/c1-11-7-12(2)9-14(8-11)19-16(21)15-10-18-20(13(15)3)6-4-5-17/h7-10H,4-6,17H2,1-3H3,(H,19,21). The lowest BCUT2D eigenvalue weighted by Crippen LogP contribution is -2.14. The van der Waals surface area contributed by atoms with Gasteiger partial charge in [-0.15, -0.1) is 0 Å². The first-order chi connectivity index (χ1) is 10.0. The Hall–Kier alpha value is -2.14. The summed E-state index contributed by atoms with van der Waals surface area (Å²) in [5, 5.41) is 7.18. The van der Waals surface area contributed by atoms with Crippen LogP contribution in [0.1, 0.15) is 33.6 Å². The number of carbonyl (C=O) groups is 1. The smallest absolute Gasteiger partial charge is 0.259 e. The van der Waals surface area contributed by atoms with E-state index in [-0.39, 0.29) is 5.91 Å². The predicted octanol–water partition coefficient (Wildman–Crippen LogP) is 2.41. The van der Waals surface area contributed by atoms with Crippen LogP contribution in [-0.4, -0.2) is 22.2 Å². The van der Waals surface area contributed by atoms with Crippen LogP contribution in [0, 0.1) is 20.8 Å². The number of amides is 1. The van der Waals surface area contributed by atoms with Gasteiger partial charge in [-0.2, -0.15) is 5.10 Å². The summed E-state index contributed by atoms with van der Waals surface area (Å²) in [5.74, 6) is -0.128. The Balaban J connectivity index is 2.15. The molecule has 0 aliphatic heterocycles. The van der Waals surface area contributed by atoms with Gasteiger partial charge in [0.05, 0.1) is 11.8 Å². The van der Waals surface area contributed by atoms with Crippen molar-refractivity contribution in [1.82, 2.24) is 9.78 Å². The normalized spacial score (nSPS) is 10.7. The van der Waals surface area contributed by atoms with Crippen LogP contribution < -0.4 is 11.1 Å². The van der Waals surface area contributed by atoms with Crippen LogP contribution in [0.15, 0.2) is 24.4 Å². The van der Waals surface area contributed by atoms with Crippen LogP contribution in [0.4, 0.5) is 5.69 Å². The number of aromatic nitrogens is 2. The fraction of sp³-hybridized carbons (Fsp3) is 0.375. The Morgan fingerprint density at radius 2 is 1.90 bits per heavy atom. The van der Waals surface area contributed by atoms with E-state index in [0.29, 0.717) is 12.1 Å². The number of nitrogens with two attached hydrogens (primary N) is 1. The van der Waals surface area contributed by atoms with Gasteiger partial charge in [0, 0.05) is 17.9 Å². The summed E-state index contributed by atoms with van der Waals surface area (Å²) in [6.07, 6.45) is 2.46. The zero-order valence-electron chi connectivity index (χ0n) is 12.8. The van der Waals surface area contributed by atoms with E-state index in [0.717, 1.165) is 35.5 Å². The van der Waals surface area contributed by atoms with Crippen LogP contribution in [0.5, 0.6) is 0 Å². The summed E-state index contributed by atoms with van der Waals surface area (Å²) in [4.78, 5) is 12.4. The van der Waals surface area contributed by atoms with E-state index in [1.54, 1.807) is 6.20 Å². The zero-order valence-corrected chi connectivity index (χ0v) is 12.8. The molecule has 1 heterocycles. The van der Waals surface area contributed by atoms with E-state index in [2.05, 4.69) is 16.5 Å². The van der Waals surface area contributed by atoms with Gasteiger partial charge in [0.15, 0.2) is 0 Å². The number of anilines is 1. The van der Waals surface area contributed by atoms with Gasteiger partial charge in [-0.05, 0) is 57.0 Å². The Kier molecular flexibility index (Phi) is 4.75. The van der Waals surface area contributed by atoms with Crippen molar-refractivity contribution in [2.24, 2.45) is 5.73 Å². The molecule has 5 nitrogen and oxygen atoms in total. The highest BCUT2D eigenvalue weighted by atomic mass is 16.1. The van der Waals surface area contributed by atoms with Gasteiger partial charge < -0.3 is 11.1 Å². The van der Waals surface area contributed by atoms with Crippen LogP contribution in [0.2, 0.25) is 0 Å². The molecule has 2 aromatic rings. The number of nitrogens with one attached hydrogen (secondary N) is 1. The Morgan fingerprint density at radius 3 is 2.52 bits per heavy atom. The Bertz CT molecular complexity index is 625. The van der Waals surface area contributed by atoms with Crippen molar-refractivity contribution in [3.63, 3.8) is 0 Å². The number of hydrogen-bond donors (Lipinski definition) is 2. The maximum atomic E-state index is 12.4. The molecule has 0 bridgehead atoms. The topological polar surface area (TPSA) is 72.9 Å². The fourth-order valence-electron chi connectivity index (χ4n) is 2.38. The number of aryl methyl sites for hydroxylation is 3. The number of carbonyl (C=O) groups excluding carboxylic acids is 1. The Morgan fingerprint density at radius 1 is 1.24 bits per heavy atom. The highest BCUT2D eigenvalue weighted by molar-refractivity contribution is 6.04. The number of nitrogens with zero attached hydrogens (tertiary/aromatic N) is 2. The molecule has 0 saturated heterocycles. The van der Waals surface area contributed by atoms with Crippen LogP contribution in [-0.2, 0) is 6.54 Å². The van der Waals surface area contributed by atoms with Gasteiger partial charge in [-0.3, -0.25) is 9.48 Å². The summed E-state index contributed by atoms with van der Waals surface area (Å²) in [5.41, 5.74) is 10.0. The quantitative estimate of drug-likeness (QED) is 0.886. The second kappa shape index (κ2) is 6.54. The van der Waals surface area contributed by atoms with Gasteiger partial charge in [-0.1, -0.05) is 6.07 Å². The fourth-order valence-corrected chi connectivity index (χ4v) is 2.38. The minimum atomic E-state index is -0.128. The molecule has 1 amide bonds. The molecule has 2 rings (SSSR count). The summed E-state index contributed by atoms with van der Waals surface area (Å²) >= 11 is 0. The molecular weight excluding hydrogens is 264 g/mol. The molecule has 0 fully saturated rings. The van der Waals surface area contributed by atoms with Crippen molar-refractivity contribution in [1.29, 1.82) is 0 Å². The first-order valence-electron chi connectivity index (χ1n) is 7.13. The van der Waals surface area contributed by atoms with Crippen LogP contribution in [0.25, 0.3) is 0 Å². The van der Waals surface area contributed by atoms with Crippen LogP contribution >= 0.6 is 0 Å². The SMILES string of the molecule is Cc1cc(C)cc(NC(=O)c2cnn(CCCN)c2C)c1. The van der Waals surface area contributed by atoms with Crippen molar-refractivity contribution < 1.29 is 4.79 Å². The minimum absolute atomic E-state index is 0.128. The number of rotatable bonds is 5. The third kappa shape index (κ3) is 3.70. The van der Waals surface area contributed by atoms with Crippen molar-refractivity contribution in [2.45, 2.75) is 33.7 Å². The number of benzene rings is 1. The first-order valence-corrected chi connectivity index (χ1v) is 7.13. The lowest BCUT2D eigenvalue weighted by molar-refractivity contribution is 0.102.